The molecule has 0 spiro atoms. The molecular formula is C9H13N3. The van der Waals surface area contributed by atoms with Crippen molar-refractivity contribution >= 4 is 11.5 Å². The van der Waals surface area contributed by atoms with Crippen LogP contribution in [-0.2, 0) is 12.8 Å². The van der Waals surface area contributed by atoms with Crippen LogP contribution in [0.25, 0.3) is 0 Å². The van der Waals surface area contributed by atoms with Gasteiger partial charge in [0.1, 0.15) is 5.82 Å². The Balaban J connectivity index is 2.54. The number of nitrogens with two attached hydrogens (primary N) is 2. The van der Waals surface area contributed by atoms with Crippen LogP contribution in [0.4, 0.5) is 11.5 Å². The fraction of sp³-hybridized carbons (Fsp3) is 0.444. The highest BCUT2D eigenvalue weighted by Gasteiger charge is 2.13. The van der Waals surface area contributed by atoms with Crippen LogP contribution in [0, 0.1) is 0 Å². The summed E-state index contributed by atoms with van der Waals surface area (Å²) in [6.07, 6.45) is 6.50. The molecule has 4 N–H and O–H groups in total. The van der Waals surface area contributed by atoms with Crippen molar-refractivity contribution in [3.63, 3.8) is 0 Å². The van der Waals surface area contributed by atoms with Gasteiger partial charge in [0.2, 0.25) is 0 Å². The van der Waals surface area contributed by atoms with Gasteiger partial charge in [0.05, 0.1) is 5.69 Å². The number of hydrogen-bond donors (Lipinski definition) is 2. The second-order valence-electron chi connectivity index (χ2n) is 3.27. The van der Waals surface area contributed by atoms with Crippen LogP contribution in [0.2, 0.25) is 0 Å². The zero-order valence-electron chi connectivity index (χ0n) is 7.01. The zero-order chi connectivity index (χ0) is 8.55. The molecule has 0 unspecified atom stereocenters. The molecule has 1 aromatic rings. The van der Waals surface area contributed by atoms with Crippen molar-refractivity contribution in [2.75, 3.05) is 11.5 Å². The van der Waals surface area contributed by atoms with Crippen LogP contribution < -0.4 is 11.5 Å². The molecule has 1 aliphatic rings. The topological polar surface area (TPSA) is 64.9 Å². The van der Waals surface area contributed by atoms with Crippen molar-refractivity contribution in [2.24, 2.45) is 0 Å². The summed E-state index contributed by atoms with van der Waals surface area (Å²) in [4.78, 5) is 4.04. The number of anilines is 2. The zero-order valence-corrected chi connectivity index (χ0v) is 7.01. The van der Waals surface area contributed by atoms with Gasteiger partial charge in [0.15, 0.2) is 0 Å². The van der Waals surface area contributed by atoms with Gasteiger partial charge in [-0.1, -0.05) is 0 Å². The number of fused-ring (bicyclic) bond motifs is 1. The van der Waals surface area contributed by atoms with Gasteiger partial charge >= 0.3 is 0 Å². The van der Waals surface area contributed by atoms with E-state index in [0.29, 0.717) is 11.5 Å². The van der Waals surface area contributed by atoms with E-state index in [-0.39, 0.29) is 0 Å². The standard InChI is InChI=1S/C9H13N3/c10-8-7-4-2-1-3-6(7)5-12-9(8)11/h5H,1-4,10H2,(H2,11,12). The summed E-state index contributed by atoms with van der Waals surface area (Å²) in [7, 11) is 0. The predicted molar refractivity (Wildman–Crippen MR) is 49.7 cm³/mol. The van der Waals surface area contributed by atoms with Crippen molar-refractivity contribution in [1.82, 2.24) is 4.98 Å². The number of hydrogen-bond acceptors (Lipinski definition) is 3. The Hall–Kier alpha value is -1.25. The van der Waals surface area contributed by atoms with Crippen LogP contribution in [0.5, 0.6) is 0 Å². The Morgan fingerprint density at radius 1 is 1.17 bits per heavy atom. The van der Waals surface area contributed by atoms with Crippen LogP contribution in [0.3, 0.4) is 0 Å². The van der Waals surface area contributed by atoms with E-state index in [0.717, 1.165) is 12.8 Å². The van der Waals surface area contributed by atoms with Crippen molar-refractivity contribution < 1.29 is 0 Å². The number of aryl methyl sites for hydroxylation is 1. The molecule has 0 fully saturated rings. The van der Waals surface area contributed by atoms with Crippen LogP contribution >= 0.6 is 0 Å². The lowest BCUT2D eigenvalue weighted by Gasteiger charge is -2.17. The van der Waals surface area contributed by atoms with E-state index in [1.54, 1.807) is 0 Å². The Kier molecular flexibility index (Phi) is 1.64. The average Bonchev–Trinajstić information content (AvgIpc) is 2.12. The molecule has 1 aliphatic carbocycles. The first-order valence-electron chi connectivity index (χ1n) is 4.30. The van der Waals surface area contributed by atoms with E-state index in [1.807, 2.05) is 6.20 Å². The Bertz CT molecular complexity index is 307. The first-order chi connectivity index (χ1) is 5.79. The van der Waals surface area contributed by atoms with E-state index in [1.165, 1.54) is 24.0 Å². The largest absolute Gasteiger partial charge is 0.396 e. The molecule has 0 bridgehead atoms. The van der Waals surface area contributed by atoms with Crippen LogP contribution in [0.1, 0.15) is 24.0 Å². The monoisotopic (exact) mass is 163 g/mol. The molecule has 3 heteroatoms. The Morgan fingerprint density at radius 2 is 1.92 bits per heavy atom. The second kappa shape index (κ2) is 2.66. The van der Waals surface area contributed by atoms with E-state index in [9.17, 15) is 0 Å². The maximum Gasteiger partial charge on any atom is 0.146 e. The highest BCUT2D eigenvalue weighted by Crippen LogP contribution is 2.28. The molecule has 0 amide bonds. The Morgan fingerprint density at radius 3 is 2.75 bits per heavy atom. The number of nitrogen functional groups attached to an aromatic ring is 2. The number of nitrogens with zero attached hydrogens (tertiary/aromatic N) is 1. The highest BCUT2D eigenvalue weighted by atomic mass is 14.9. The number of rotatable bonds is 0. The minimum Gasteiger partial charge on any atom is -0.396 e. The molecule has 0 aromatic carbocycles. The molecule has 12 heavy (non-hydrogen) atoms. The molecule has 64 valence electrons. The summed E-state index contributed by atoms with van der Waals surface area (Å²) >= 11 is 0. The molecule has 0 saturated carbocycles. The van der Waals surface area contributed by atoms with Gasteiger partial charge in [-0.3, -0.25) is 0 Å². The maximum atomic E-state index is 5.82. The summed E-state index contributed by atoms with van der Waals surface area (Å²) in [5, 5.41) is 0. The molecule has 1 aromatic heterocycles. The van der Waals surface area contributed by atoms with Gasteiger partial charge in [-0.05, 0) is 36.8 Å². The number of pyridine rings is 1. The van der Waals surface area contributed by atoms with Gasteiger partial charge in [-0.15, -0.1) is 0 Å². The first-order valence-corrected chi connectivity index (χ1v) is 4.30. The van der Waals surface area contributed by atoms with Gasteiger partial charge < -0.3 is 11.5 Å². The highest BCUT2D eigenvalue weighted by molar-refractivity contribution is 5.65. The van der Waals surface area contributed by atoms with Crippen molar-refractivity contribution in [1.29, 1.82) is 0 Å². The normalized spacial score (nSPS) is 15.7. The third-order valence-corrected chi connectivity index (χ3v) is 2.47. The molecule has 2 rings (SSSR count). The molecule has 1 heterocycles. The van der Waals surface area contributed by atoms with Gasteiger partial charge in [0, 0.05) is 6.20 Å². The molecular weight excluding hydrogens is 150 g/mol. The van der Waals surface area contributed by atoms with Crippen LogP contribution in [-0.4, -0.2) is 4.98 Å². The van der Waals surface area contributed by atoms with Crippen molar-refractivity contribution in [3.8, 4) is 0 Å². The fourth-order valence-electron chi connectivity index (χ4n) is 1.75. The Labute approximate surface area is 71.8 Å². The third kappa shape index (κ3) is 1.02. The SMILES string of the molecule is Nc1ncc2c(c1N)CCCC2. The lowest BCUT2D eigenvalue weighted by molar-refractivity contribution is 0.684. The number of aromatic nitrogens is 1. The van der Waals surface area contributed by atoms with Crippen LogP contribution in [0.15, 0.2) is 6.20 Å². The average molecular weight is 163 g/mol. The second-order valence-corrected chi connectivity index (χ2v) is 3.27. The molecule has 0 atom stereocenters. The summed E-state index contributed by atoms with van der Waals surface area (Å²) in [6, 6.07) is 0. The van der Waals surface area contributed by atoms with Crippen molar-refractivity contribution in [3.05, 3.63) is 17.3 Å². The third-order valence-electron chi connectivity index (χ3n) is 2.47. The van der Waals surface area contributed by atoms with Gasteiger partial charge in [-0.25, -0.2) is 4.98 Å². The molecule has 3 nitrogen and oxygen atoms in total. The summed E-state index contributed by atoms with van der Waals surface area (Å²) in [5.41, 5.74) is 14.6. The fourth-order valence-corrected chi connectivity index (χ4v) is 1.75. The summed E-state index contributed by atoms with van der Waals surface area (Å²) in [5.74, 6) is 0.482. The lowest BCUT2D eigenvalue weighted by atomic mass is 9.92. The van der Waals surface area contributed by atoms with Crippen molar-refractivity contribution in [2.45, 2.75) is 25.7 Å². The first kappa shape index (κ1) is 7.40. The van der Waals surface area contributed by atoms with E-state index >= 15 is 0 Å². The smallest absolute Gasteiger partial charge is 0.146 e. The van der Waals surface area contributed by atoms with Gasteiger partial charge in [-0.2, -0.15) is 0 Å². The minimum absolute atomic E-state index is 0.482. The maximum absolute atomic E-state index is 5.82. The molecule has 0 saturated heterocycles. The molecule has 0 aliphatic heterocycles. The summed E-state index contributed by atoms with van der Waals surface area (Å²) < 4.78 is 0. The summed E-state index contributed by atoms with van der Waals surface area (Å²) in [6.45, 7) is 0. The van der Waals surface area contributed by atoms with E-state index in [4.69, 9.17) is 11.5 Å². The lowest BCUT2D eigenvalue weighted by Crippen LogP contribution is -2.09. The van der Waals surface area contributed by atoms with E-state index < -0.39 is 0 Å². The van der Waals surface area contributed by atoms with E-state index in [2.05, 4.69) is 4.98 Å². The minimum atomic E-state index is 0.482. The molecule has 0 radical (unpaired) electrons. The predicted octanol–water partition coefficient (Wildman–Crippen LogP) is 1.12. The van der Waals surface area contributed by atoms with Gasteiger partial charge in [0.25, 0.3) is 0 Å². The quantitative estimate of drug-likeness (QED) is 0.602.